The molecule has 0 aromatic heterocycles. The van der Waals surface area contributed by atoms with E-state index in [1.165, 1.54) is 19.2 Å². The number of carbonyl (C=O) groups excluding carboxylic acids is 1. The average molecular weight is 257 g/mol. The number of esters is 1. The van der Waals surface area contributed by atoms with Crippen LogP contribution >= 0.6 is 0 Å². The lowest BCUT2D eigenvalue weighted by Gasteiger charge is -2.22. The first-order valence-electron chi connectivity index (χ1n) is 5.56. The third-order valence-electron chi connectivity index (χ3n) is 2.73. The molecular formula is C13H17F2NO2. The lowest BCUT2D eigenvalue weighted by molar-refractivity contribution is -0.149. The average Bonchev–Trinajstić information content (AvgIpc) is 2.32. The molecule has 1 aromatic carbocycles. The van der Waals surface area contributed by atoms with Crippen LogP contribution in [0, 0.1) is 24.0 Å². The fourth-order valence-corrected chi connectivity index (χ4v) is 1.48. The molecule has 1 N–H and O–H groups in total. The van der Waals surface area contributed by atoms with Gasteiger partial charge in [-0.15, -0.1) is 0 Å². The number of benzene rings is 1. The number of hydrogen-bond acceptors (Lipinski definition) is 3. The standard InChI is InChI=1S/C13H17F2NO2/c1-8-5-6-9(14)11(10(8)15)16-7-13(2,3)12(17)18-4/h5-6,16H,7H2,1-4H3. The number of methoxy groups -OCH3 is 1. The molecule has 0 bridgehead atoms. The summed E-state index contributed by atoms with van der Waals surface area (Å²) in [6.45, 7) is 4.90. The van der Waals surface area contributed by atoms with Crippen LogP contribution in [0.4, 0.5) is 14.5 Å². The zero-order valence-electron chi connectivity index (χ0n) is 10.9. The van der Waals surface area contributed by atoms with Crippen LogP contribution in [0.25, 0.3) is 0 Å². The lowest BCUT2D eigenvalue weighted by atomic mass is 9.93. The van der Waals surface area contributed by atoms with Gasteiger partial charge in [-0.3, -0.25) is 4.79 Å². The zero-order valence-corrected chi connectivity index (χ0v) is 10.9. The van der Waals surface area contributed by atoms with E-state index >= 15 is 0 Å². The Morgan fingerprint density at radius 2 is 2.00 bits per heavy atom. The molecule has 0 aliphatic carbocycles. The Morgan fingerprint density at radius 1 is 1.39 bits per heavy atom. The number of halogens is 2. The van der Waals surface area contributed by atoms with E-state index in [-0.39, 0.29) is 12.2 Å². The first kappa shape index (κ1) is 14.4. The highest BCUT2D eigenvalue weighted by atomic mass is 19.1. The number of anilines is 1. The Hall–Kier alpha value is -1.65. The molecule has 0 unspecified atom stereocenters. The molecule has 0 spiro atoms. The Bertz CT molecular complexity index is 459. The molecule has 1 rings (SSSR count). The molecule has 5 heteroatoms. The highest BCUT2D eigenvalue weighted by molar-refractivity contribution is 5.76. The first-order valence-corrected chi connectivity index (χ1v) is 5.56. The quantitative estimate of drug-likeness (QED) is 0.843. The summed E-state index contributed by atoms with van der Waals surface area (Å²) < 4.78 is 31.8. The Kier molecular flexibility index (Phi) is 4.27. The summed E-state index contributed by atoms with van der Waals surface area (Å²) >= 11 is 0. The number of aryl methyl sites for hydroxylation is 1. The van der Waals surface area contributed by atoms with E-state index in [1.807, 2.05) is 0 Å². The van der Waals surface area contributed by atoms with Gasteiger partial charge in [-0.05, 0) is 32.4 Å². The molecule has 0 saturated carbocycles. The monoisotopic (exact) mass is 257 g/mol. The van der Waals surface area contributed by atoms with Crippen LogP contribution in [0.3, 0.4) is 0 Å². The predicted molar refractivity (Wildman–Crippen MR) is 65.4 cm³/mol. The number of nitrogens with one attached hydrogen (secondary N) is 1. The second kappa shape index (κ2) is 5.33. The summed E-state index contributed by atoms with van der Waals surface area (Å²) in [5.74, 6) is -1.77. The molecule has 0 saturated heterocycles. The van der Waals surface area contributed by atoms with Crippen molar-refractivity contribution in [2.75, 3.05) is 19.0 Å². The predicted octanol–water partition coefficient (Wildman–Crippen LogP) is 2.88. The van der Waals surface area contributed by atoms with Gasteiger partial charge in [0.2, 0.25) is 0 Å². The van der Waals surface area contributed by atoms with Gasteiger partial charge in [-0.2, -0.15) is 0 Å². The van der Waals surface area contributed by atoms with Gasteiger partial charge >= 0.3 is 5.97 Å². The van der Waals surface area contributed by atoms with Gasteiger partial charge in [0.1, 0.15) is 11.5 Å². The normalized spacial score (nSPS) is 11.2. The van der Waals surface area contributed by atoms with E-state index in [2.05, 4.69) is 10.1 Å². The highest BCUT2D eigenvalue weighted by Gasteiger charge is 2.29. The second-order valence-electron chi connectivity index (χ2n) is 4.78. The third-order valence-corrected chi connectivity index (χ3v) is 2.73. The van der Waals surface area contributed by atoms with Gasteiger partial charge in [0, 0.05) is 6.54 Å². The van der Waals surface area contributed by atoms with Crippen LogP contribution in [0.15, 0.2) is 12.1 Å². The van der Waals surface area contributed by atoms with Crippen LogP contribution in [0.1, 0.15) is 19.4 Å². The maximum atomic E-state index is 13.7. The fraction of sp³-hybridized carbons (Fsp3) is 0.462. The van der Waals surface area contributed by atoms with Gasteiger partial charge in [-0.25, -0.2) is 8.78 Å². The topological polar surface area (TPSA) is 38.3 Å². The molecular weight excluding hydrogens is 240 g/mol. The van der Waals surface area contributed by atoms with Crippen molar-refractivity contribution in [1.29, 1.82) is 0 Å². The molecule has 0 radical (unpaired) electrons. The molecule has 0 aliphatic rings. The lowest BCUT2D eigenvalue weighted by Crippen LogP contribution is -2.33. The van der Waals surface area contributed by atoms with Crippen LogP contribution < -0.4 is 5.32 Å². The minimum Gasteiger partial charge on any atom is -0.469 e. The van der Waals surface area contributed by atoms with Crippen molar-refractivity contribution in [1.82, 2.24) is 0 Å². The van der Waals surface area contributed by atoms with Crippen molar-refractivity contribution in [2.45, 2.75) is 20.8 Å². The van der Waals surface area contributed by atoms with Crippen molar-refractivity contribution in [2.24, 2.45) is 5.41 Å². The first-order chi connectivity index (χ1) is 8.29. The van der Waals surface area contributed by atoms with Gasteiger partial charge in [-0.1, -0.05) is 6.07 Å². The Balaban J connectivity index is 2.87. The van der Waals surface area contributed by atoms with Gasteiger partial charge < -0.3 is 10.1 Å². The molecule has 100 valence electrons. The number of rotatable bonds is 4. The molecule has 0 atom stereocenters. The molecule has 1 aromatic rings. The second-order valence-corrected chi connectivity index (χ2v) is 4.78. The van der Waals surface area contributed by atoms with E-state index in [1.54, 1.807) is 20.8 Å². The maximum Gasteiger partial charge on any atom is 0.313 e. The zero-order chi connectivity index (χ0) is 13.9. The number of ether oxygens (including phenoxy) is 1. The summed E-state index contributed by atoms with van der Waals surface area (Å²) in [4.78, 5) is 11.4. The van der Waals surface area contributed by atoms with Gasteiger partial charge in [0.05, 0.1) is 12.5 Å². The SMILES string of the molecule is COC(=O)C(C)(C)CNc1c(F)ccc(C)c1F. The van der Waals surface area contributed by atoms with E-state index in [0.29, 0.717) is 5.56 Å². The van der Waals surface area contributed by atoms with E-state index in [0.717, 1.165) is 0 Å². The summed E-state index contributed by atoms with van der Waals surface area (Å²) in [6.07, 6.45) is 0. The minimum absolute atomic E-state index is 0.0803. The van der Waals surface area contributed by atoms with E-state index in [4.69, 9.17) is 0 Å². The highest BCUT2D eigenvalue weighted by Crippen LogP contribution is 2.24. The van der Waals surface area contributed by atoms with Crippen LogP contribution in [-0.2, 0) is 9.53 Å². The number of hydrogen-bond donors (Lipinski definition) is 1. The maximum absolute atomic E-state index is 13.7. The molecule has 0 amide bonds. The molecule has 0 fully saturated rings. The fourth-order valence-electron chi connectivity index (χ4n) is 1.48. The Morgan fingerprint density at radius 3 is 2.56 bits per heavy atom. The Labute approximate surface area is 105 Å². The number of carbonyl (C=O) groups is 1. The summed E-state index contributed by atoms with van der Waals surface area (Å²) in [5, 5.41) is 2.63. The molecule has 18 heavy (non-hydrogen) atoms. The molecule has 0 aliphatic heterocycles. The van der Waals surface area contributed by atoms with Crippen LogP contribution in [0.5, 0.6) is 0 Å². The van der Waals surface area contributed by atoms with Crippen LogP contribution in [-0.4, -0.2) is 19.6 Å². The van der Waals surface area contributed by atoms with Crippen molar-refractivity contribution >= 4 is 11.7 Å². The summed E-state index contributed by atoms with van der Waals surface area (Å²) in [5.41, 5.74) is -0.737. The van der Waals surface area contributed by atoms with E-state index in [9.17, 15) is 13.6 Å². The van der Waals surface area contributed by atoms with Crippen molar-refractivity contribution in [3.63, 3.8) is 0 Å². The largest absolute Gasteiger partial charge is 0.469 e. The smallest absolute Gasteiger partial charge is 0.313 e. The minimum atomic E-state index is -0.864. The summed E-state index contributed by atoms with van der Waals surface area (Å²) in [6, 6.07) is 2.55. The third kappa shape index (κ3) is 2.97. The van der Waals surface area contributed by atoms with Gasteiger partial charge in [0.15, 0.2) is 5.82 Å². The van der Waals surface area contributed by atoms with Crippen molar-refractivity contribution < 1.29 is 18.3 Å². The van der Waals surface area contributed by atoms with Crippen LogP contribution in [0.2, 0.25) is 0 Å². The molecule has 0 heterocycles. The van der Waals surface area contributed by atoms with E-state index < -0.39 is 23.0 Å². The van der Waals surface area contributed by atoms with Gasteiger partial charge in [0.25, 0.3) is 0 Å². The van der Waals surface area contributed by atoms with Crippen molar-refractivity contribution in [3.05, 3.63) is 29.3 Å². The van der Waals surface area contributed by atoms with Crippen molar-refractivity contribution in [3.8, 4) is 0 Å². The molecule has 3 nitrogen and oxygen atoms in total. The summed E-state index contributed by atoms with van der Waals surface area (Å²) in [7, 11) is 1.28.